The van der Waals surface area contributed by atoms with Gasteiger partial charge in [-0.3, -0.25) is 9.69 Å². The Morgan fingerprint density at radius 2 is 1.91 bits per heavy atom. The number of carbonyl (C=O) groups is 2. The number of amides is 1. The quantitative estimate of drug-likeness (QED) is 0.437. The summed E-state index contributed by atoms with van der Waals surface area (Å²) in [6.07, 6.45) is 1.17. The molecule has 0 spiro atoms. The summed E-state index contributed by atoms with van der Waals surface area (Å²) in [5.41, 5.74) is 1.89. The third-order valence-corrected chi connectivity index (χ3v) is 6.59. The number of likely N-dealkylation sites (N-methyl/N-ethyl adjacent to an activating group) is 1. The van der Waals surface area contributed by atoms with E-state index in [1.807, 2.05) is 43.4 Å². The maximum Gasteiger partial charge on any atom is 0.329 e. The maximum atomic E-state index is 13.2. The van der Waals surface area contributed by atoms with Gasteiger partial charge < -0.3 is 19.5 Å². The van der Waals surface area contributed by atoms with Crippen molar-refractivity contribution >= 4 is 35.1 Å². The highest BCUT2D eigenvalue weighted by Gasteiger charge is 2.29. The first-order chi connectivity index (χ1) is 16.3. The second-order valence-electron chi connectivity index (χ2n) is 8.34. The van der Waals surface area contributed by atoms with Crippen LogP contribution in [0.5, 0.6) is 0 Å². The van der Waals surface area contributed by atoms with E-state index in [4.69, 9.17) is 37.8 Å². The van der Waals surface area contributed by atoms with Crippen molar-refractivity contribution in [3.63, 3.8) is 0 Å². The van der Waals surface area contributed by atoms with E-state index in [-0.39, 0.29) is 37.7 Å². The lowest BCUT2D eigenvalue weighted by atomic mass is 10.0. The summed E-state index contributed by atoms with van der Waals surface area (Å²) >= 11 is 12.1. The fraction of sp³-hybridized carbons (Fsp3) is 0.440. The summed E-state index contributed by atoms with van der Waals surface area (Å²) in [5.74, 6) is -0.994. The first kappa shape index (κ1) is 26.4. The van der Waals surface area contributed by atoms with Gasteiger partial charge in [-0.05, 0) is 29.7 Å². The topological polar surface area (TPSA) is 79.3 Å². The van der Waals surface area contributed by atoms with Crippen molar-refractivity contribution < 1.29 is 24.2 Å². The fourth-order valence-corrected chi connectivity index (χ4v) is 4.35. The zero-order valence-corrected chi connectivity index (χ0v) is 20.7. The Labute approximate surface area is 210 Å². The predicted octanol–water partition coefficient (Wildman–Crippen LogP) is 3.93. The van der Waals surface area contributed by atoms with E-state index in [2.05, 4.69) is 4.90 Å². The molecule has 1 heterocycles. The Kier molecular flexibility index (Phi) is 10.2. The highest BCUT2D eigenvalue weighted by atomic mass is 35.5. The summed E-state index contributed by atoms with van der Waals surface area (Å²) in [5, 5.41) is 9.52. The molecule has 0 aromatic heterocycles. The van der Waals surface area contributed by atoms with Crippen LogP contribution in [0.2, 0.25) is 10.0 Å². The largest absolute Gasteiger partial charge is 0.480 e. The van der Waals surface area contributed by atoms with Crippen LogP contribution in [-0.2, 0) is 25.5 Å². The van der Waals surface area contributed by atoms with Crippen LogP contribution in [0.3, 0.4) is 0 Å². The second kappa shape index (κ2) is 13.1. The molecular formula is C25H30Cl2N2O5. The summed E-state index contributed by atoms with van der Waals surface area (Å²) in [6.45, 7) is 2.58. The molecule has 34 heavy (non-hydrogen) atoms. The first-order valence-corrected chi connectivity index (χ1v) is 12.0. The zero-order chi connectivity index (χ0) is 24.5. The van der Waals surface area contributed by atoms with Crippen LogP contribution in [-0.4, -0.2) is 79.4 Å². The number of ether oxygens (including phenoxy) is 2. The number of nitrogens with zero attached hydrogens (tertiary/aromatic N) is 2. The normalized spacial score (nSPS) is 17.0. The molecule has 0 radical (unpaired) electrons. The molecule has 184 valence electrons. The molecule has 1 saturated heterocycles. The summed E-state index contributed by atoms with van der Waals surface area (Å²) in [6, 6.07) is 15.1. The summed E-state index contributed by atoms with van der Waals surface area (Å²) in [7, 11) is 1.83. The van der Waals surface area contributed by atoms with E-state index in [1.54, 1.807) is 17.0 Å². The lowest BCUT2D eigenvalue weighted by molar-refractivity contribution is -0.142. The maximum absolute atomic E-state index is 13.2. The standard InChI is InChI=1S/C25H30Cl2N2O5/c1-28(24(30)14-18-7-8-21(26)22(27)13-18)23(19-5-3-2-4-6-19)16-29-10-9-20(15-29)34-12-11-33-17-25(31)32/h2-8,13,20,23H,9-12,14-17H2,1H3,(H,31,32). The van der Waals surface area contributed by atoms with Gasteiger partial charge >= 0.3 is 5.97 Å². The van der Waals surface area contributed by atoms with E-state index in [9.17, 15) is 9.59 Å². The molecule has 1 amide bonds. The Morgan fingerprint density at radius 3 is 2.62 bits per heavy atom. The van der Waals surface area contributed by atoms with Gasteiger partial charge in [-0.1, -0.05) is 59.6 Å². The van der Waals surface area contributed by atoms with Crippen molar-refractivity contribution in [2.24, 2.45) is 0 Å². The predicted molar refractivity (Wildman–Crippen MR) is 131 cm³/mol. The SMILES string of the molecule is CN(C(=O)Cc1ccc(Cl)c(Cl)c1)C(CN1CCC(OCCOCC(=O)O)C1)c1ccccc1. The van der Waals surface area contributed by atoms with Crippen LogP contribution < -0.4 is 0 Å². The molecule has 0 aliphatic carbocycles. The number of rotatable bonds is 12. The van der Waals surface area contributed by atoms with Crippen LogP contribution >= 0.6 is 23.2 Å². The number of hydrogen-bond acceptors (Lipinski definition) is 5. The van der Waals surface area contributed by atoms with E-state index >= 15 is 0 Å². The Balaban J connectivity index is 1.59. The summed E-state index contributed by atoms with van der Waals surface area (Å²) in [4.78, 5) is 27.8. The van der Waals surface area contributed by atoms with Gasteiger partial charge in [0.2, 0.25) is 5.91 Å². The van der Waals surface area contributed by atoms with Crippen LogP contribution in [0.1, 0.15) is 23.6 Å². The van der Waals surface area contributed by atoms with Crippen LogP contribution in [0.25, 0.3) is 0 Å². The van der Waals surface area contributed by atoms with Gasteiger partial charge in [0.05, 0.1) is 41.8 Å². The van der Waals surface area contributed by atoms with Gasteiger partial charge in [0.15, 0.2) is 0 Å². The van der Waals surface area contributed by atoms with Crippen molar-refractivity contribution in [1.29, 1.82) is 0 Å². The Bertz CT molecular complexity index is 960. The van der Waals surface area contributed by atoms with Gasteiger partial charge in [0.1, 0.15) is 6.61 Å². The lowest BCUT2D eigenvalue weighted by Crippen LogP contribution is -2.39. The van der Waals surface area contributed by atoms with Crippen LogP contribution in [0, 0.1) is 0 Å². The third kappa shape index (κ3) is 7.96. The number of carbonyl (C=O) groups excluding carboxylic acids is 1. The molecule has 3 rings (SSSR count). The summed E-state index contributed by atoms with van der Waals surface area (Å²) < 4.78 is 10.9. The average Bonchev–Trinajstić information content (AvgIpc) is 3.27. The molecule has 9 heteroatoms. The fourth-order valence-electron chi connectivity index (χ4n) is 4.03. The van der Waals surface area contributed by atoms with Crippen molar-refractivity contribution in [2.45, 2.75) is 25.0 Å². The number of carboxylic acids is 1. The van der Waals surface area contributed by atoms with Gasteiger partial charge in [0.25, 0.3) is 0 Å². The molecule has 1 fully saturated rings. The second-order valence-corrected chi connectivity index (χ2v) is 9.16. The van der Waals surface area contributed by atoms with Crippen LogP contribution in [0.4, 0.5) is 0 Å². The monoisotopic (exact) mass is 508 g/mol. The smallest absolute Gasteiger partial charge is 0.329 e. The number of likely N-dealkylation sites (tertiary alicyclic amines) is 1. The van der Waals surface area contributed by atoms with E-state index in [0.29, 0.717) is 23.2 Å². The van der Waals surface area contributed by atoms with Gasteiger partial charge in [-0.25, -0.2) is 4.79 Å². The minimum atomic E-state index is -0.989. The van der Waals surface area contributed by atoms with Crippen molar-refractivity contribution in [3.8, 4) is 0 Å². The van der Waals surface area contributed by atoms with E-state index < -0.39 is 5.97 Å². The molecule has 1 aliphatic heterocycles. The highest BCUT2D eigenvalue weighted by molar-refractivity contribution is 6.42. The van der Waals surface area contributed by atoms with Crippen molar-refractivity contribution in [3.05, 3.63) is 69.7 Å². The minimum Gasteiger partial charge on any atom is -0.480 e. The van der Waals surface area contributed by atoms with Crippen molar-refractivity contribution in [2.75, 3.05) is 46.5 Å². The molecule has 1 N–H and O–H groups in total. The molecule has 0 bridgehead atoms. The number of hydrogen-bond donors (Lipinski definition) is 1. The van der Waals surface area contributed by atoms with Crippen LogP contribution in [0.15, 0.2) is 48.5 Å². The third-order valence-electron chi connectivity index (χ3n) is 5.85. The molecule has 2 atom stereocenters. The minimum absolute atomic E-state index is 0.00480. The molecule has 2 unspecified atom stereocenters. The average molecular weight is 509 g/mol. The lowest BCUT2D eigenvalue weighted by Gasteiger charge is -2.32. The molecule has 2 aromatic rings. The van der Waals surface area contributed by atoms with Gasteiger partial charge in [-0.15, -0.1) is 0 Å². The van der Waals surface area contributed by atoms with E-state index in [0.717, 1.165) is 30.6 Å². The number of aliphatic carboxylic acids is 1. The molecule has 2 aromatic carbocycles. The Hall–Kier alpha value is -2.16. The first-order valence-electron chi connectivity index (χ1n) is 11.2. The van der Waals surface area contributed by atoms with Gasteiger partial charge in [-0.2, -0.15) is 0 Å². The molecular weight excluding hydrogens is 479 g/mol. The molecule has 7 nitrogen and oxygen atoms in total. The number of halogens is 2. The molecule has 0 saturated carbocycles. The van der Waals surface area contributed by atoms with E-state index in [1.165, 1.54) is 0 Å². The highest BCUT2D eigenvalue weighted by Crippen LogP contribution is 2.26. The van der Waals surface area contributed by atoms with Gasteiger partial charge in [0, 0.05) is 26.7 Å². The Morgan fingerprint density at radius 1 is 1.15 bits per heavy atom. The molecule has 1 aliphatic rings. The number of carboxylic acid groups (broad SMARTS) is 1. The van der Waals surface area contributed by atoms with Crippen molar-refractivity contribution in [1.82, 2.24) is 9.80 Å². The number of benzene rings is 2. The zero-order valence-electron chi connectivity index (χ0n) is 19.2.